The van der Waals surface area contributed by atoms with Gasteiger partial charge in [-0.3, -0.25) is 0 Å². The summed E-state index contributed by atoms with van der Waals surface area (Å²) in [6.07, 6.45) is 3.11. The molecule has 10 heteroatoms. The summed E-state index contributed by atoms with van der Waals surface area (Å²) in [4.78, 5) is 22.5. The van der Waals surface area contributed by atoms with Crippen LogP contribution in [0.25, 0.3) is 11.0 Å². The molecule has 0 saturated carbocycles. The first-order valence-electron chi connectivity index (χ1n) is 9.52. The van der Waals surface area contributed by atoms with Crippen molar-refractivity contribution in [2.45, 2.75) is 24.9 Å². The highest BCUT2D eigenvalue weighted by Crippen LogP contribution is 2.38. The maximum Gasteiger partial charge on any atom is 0.312 e. The smallest absolute Gasteiger partial charge is 0.312 e. The highest BCUT2D eigenvalue weighted by molar-refractivity contribution is 5.75. The molecule has 8 nitrogen and oxygen atoms in total. The van der Waals surface area contributed by atoms with Gasteiger partial charge >= 0.3 is 6.03 Å². The van der Waals surface area contributed by atoms with Crippen LogP contribution in [0.15, 0.2) is 30.5 Å². The fraction of sp³-hybridized carbons (Fsp3) is 0.350. The minimum atomic E-state index is -1.000. The van der Waals surface area contributed by atoms with E-state index < -0.39 is 17.7 Å². The number of methoxy groups -OCH3 is 1. The maximum atomic E-state index is 13.8. The number of nitrogens with two attached hydrogens (primary N) is 1. The Labute approximate surface area is 171 Å². The molecular formula is C20H22F2N6O2. The van der Waals surface area contributed by atoms with E-state index in [0.717, 1.165) is 18.0 Å². The van der Waals surface area contributed by atoms with Crippen LogP contribution in [-0.2, 0) is 7.05 Å². The summed E-state index contributed by atoms with van der Waals surface area (Å²) >= 11 is 0. The Morgan fingerprint density at radius 1 is 1.27 bits per heavy atom. The predicted molar refractivity (Wildman–Crippen MR) is 107 cm³/mol. The molecule has 2 aromatic heterocycles. The maximum absolute atomic E-state index is 13.8. The molecule has 0 radical (unpaired) electrons. The van der Waals surface area contributed by atoms with E-state index in [0.29, 0.717) is 25.1 Å². The van der Waals surface area contributed by atoms with Gasteiger partial charge in [-0.25, -0.2) is 23.5 Å². The molecule has 2 amide bonds. The lowest BCUT2D eigenvalue weighted by Crippen LogP contribution is -2.48. The highest BCUT2D eigenvalue weighted by atomic mass is 19.2. The van der Waals surface area contributed by atoms with Crippen LogP contribution < -0.4 is 20.7 Å². The number of carbonyl (C=O) groups excluding carboxylic acids is 1. The minimum Gasteiger partial charge on any atom is -0.480 e. The Bertz CT molecular complexity index is 1100. The lowest BCUT2D eigenvalue weighted by molar-refractivity contribution is 0.240. The molecule has 4 rings (SSSR count). The molecule has 1 saturated heterocycles. The number of nitrogens with one attached hydrogen (secondary N) is 1. The van der Waals surface area contributed by atoms with Gasteiger partial charge in [0.05, 0.1) is 24.2 Å². The number of benzene rings is 1. The molecule has 0 spiro atoms. The topological polar surface area (TPSA) is 98.3 Å². The van der Waals surface area contributed by atoms with Gasteiger partial charge < -0.3 is 25.3 Å². The van der Waals surface area contributed by atoms with Gasteiger partial charge in [0.25, 0.3) is 0 Å². The second-order valence-corrected chi connectivity index (χ2v) is 7.29. The third-order valence-electron chi connectivity index (χ3n) is 5.37. The number of aromatic nitrogens is 3. The number of carbonyl (C=O) groups is 1. The molecule has 1 fully saturated rings. The number of piperidine rings is 1. The number of hydrogen-bond donors (Lipinski definition) is 2. The number of hydrogen-bond acceptors (Lipinski definition) is 5. The van der Waals surface area contributed by atoms with E-state index in [-0.39, 0.29) is 29.0 Å². The summed E-state index contributed by atoms with van der Waals surface area (Å²) in [5, 5.41) is 2.76. The average molecular weight is 416 g/mol. The van der Waals surface area contributed by atoms with Crippen LogP contribution in [-0.4, -0.2) is 40.3 Å². The number of aryl methyl sites for hydroxylation is 1. The molecule has 1 aromatic carbocycles. The van der Waals surface area contributed by atoms with Crippen molar-refractivity contribution in [3.8, 4) is 5.88 Å². The normalized spacial score (nSPS) is 19.1. The van der Waals surface area contributed by atoms with E-state index in [9.17, 15) is 13.6 Å². The fourth-order valence-electron chi connectivity index (χ4n) is 4.00. The van der Waals surface area contributed by atoms with Crippen molar-refractivity contribution in [1.82, 2.24) is 19.9 Å². The van der Waals surface area contributed by atoms with Gasteiger partial charge in [-0.1, -0.05) is 0 Å². The molecule has 158 valence electrons. The molecule has 1 aliphatic rings. The Hall–Kier alpha value is -3.43. The number of halogens is 2. The van der Waals surface area contributed by atoms with Crippen molar-refractivity contribution in [2.24, 2.45) is 12.8 Å². The third kappa shape index (κ3) is 3.60. The monoisotopic (exact) mass is 416 g/mol. The molecule has 2 atom stereocenters. The summed E-state index contributed by atoms with van der Waals surface area (Å²) < 4.78 is 34.9. The van der Waals surface area contributed by atoms with Crippen molar-refractivity contribution in [2.75, 3.05) is 18.6 Å². The molecular weight excluding hydrogens is 394 g/mol. The number of rotatable bonds is 4. The van der Waals surface area contributed by atoms with E-state index in [4.69, 9.17) is 10.5 Å². The van der Waals surface area contributed by atoms with Crippen molar-refractivity contribution in [1.29, 1.82) is 0 Å². The van der Waals surface area contributed by atoms with E-state index in [2.05, 4.69) is 20.2 Å². The lowest BCUT2D eigenvalue weighted by Gasteiger charge is -2.40. The Kier molecular flexibility index (Phi) is 5.15. The van der Waals surface area contributed by atoms with E-state index in [1.54, 1.807) is 0 Å². The van der Waals surface area contributed by atoms with Gasteiger partial charge in [-0.2, -0.15) is 0 Å². The standard InChI is InChI=1S/C20H22F2N6O2/c1-27-6-3-4-17(27)28-7-5-11(24-20(23)29)8-16(28)18-19(30-2)26-15-10-13(22)12(21)9-14(15)25-18/h3-4,6,9-11,16H,5,7-8H2,1-2H3,(H3,23,24,29). The number of urea groups is 1. The van der Waals surface area contributed by atoms with E-state index in [1.807, 2.05) is 29.9 Å². The van der Waals surface area contributed by atoms with Gasteiger partial charge in [0.2, 0.25) is 5.88 Å². The lowest BCUT2D eigenvalue weighted by atomic mass is 9.94. The first-order chi connectivity index (χ1) is 14.4. The summed E-state index contributed by atoms with van der Waals surface area (Å²) in [6.45, 7) is 0.619. The number of nitrogens with zero attached hydrogens (tertiary/aromatic N) is 4. The van der Waals surface area contributed by atoms with Gasteiger partial charge in [-0.05, 0) is 25.0 Å². The number of ether oxygens (including phenoxy) is 1. The molecule has 2 unspecified atom stereocenters. The van der Waals surface area contributed by atoms with Crippen LogP contribution in [0, 0.1) is 11.6 Å². The number of anilines is 1. The second kappa shape index (κ2) is 7.77. The second-order valence-electron chi connectivity index (χ2n) is 7.29. The number of amides is 2. The highest BCUT2D eigenvalue weighted by Gasteiger charge is 2.35. The summed E-state index contributed by atoms with van der Waals surface area (Å²) in [7, 11) is 3.38. The average Bonchev–Trinajstić information content (AvgIpc) is 3.13. The zero-order chi connectivity index (χ0) is 21.4. The largest absolute Gasteiger partial charge is 0.480 e. The van der Waals surface area contributed by atoms with E-state index >= 15 is 0 Å². The van der Waals surface area contributed by atoms with Crippen molar-refractivity contribution in [3.05, 3.63) is 47.8 Å². The van der Waals surface area contributed by atoms with Crippen molar-refractivity contribution in [3.63, 3.8) is 0 Å². The number of fused-ring (bicyclic) bond motifs is 1. The molecule has 3 N–H and O–H groups in total. The summed E-state index contributed by atoms with van der Waals surface area (Å²) in [6, 6.07) is 4.83. The van der Waals surface area contributed by atoms with Gasteiger partial charge in [0, 0.05) is 38.0 Å². The molecule has 30 heavy (non-hydrogen) atoms. The SMILES string of the molecule is COc1nc2cc(F)c(F)cc2nc1C1CC(NC(N)=O)CCN1c1cccn1C. The summed E-state index contributed by atoms with van der Waals surface area (Å²) in [5.41, 5.74) is 6.22. The van der Waals surface area contributed by atoms with Crippen LogP contribution in [0.1, 0.15) is 24.6 Å². The van der Waals surface area contributed by atoms with Crippen LogP contribution in [0.2, 0.25) is 0 Å². The minimum absolute atomic E-state index is 0.170. The van der Waals surface area contributed by atoms with Crippen LogP contribution in [0.4, 0.5) is 19.4 Å². The zero-order valence-corrected chi connectivity index (χ0v) is 16.6. The predicted octanol–water partition coefficient (Wildman–Crippen LogP) is 2.63. The van der Waals surface area contributed by atoms with Gasteiger partial charge in [0.15, 0.2) is 11.6 Å². The quantitative estimate of drug-likeness (QED) is 0.681. The Balaban J connectivity index is 1.83. The molecule has 0 aliphatic carbocycles. The first kappa shape index (κ1) is 19.9. The van der Waals surface area contributed by atoms with Crippen molar-refractivity contribution >= 4 is 22.9 Å². The fourth-order valence-corrected chi connectivity index (χ4v) is 4.00. The molecule has 3 aromatic rings. The van der Waals surface area contributed by atoms with Crippen LogP contribution in [0.3, 0.4) is 0 Å². The van der Waals surface area contributed by atoms with Gasteiger partial charge in [-0.15, -0.1) is 0 Å². The molecule has 3 heterocycles. The molecule has 1 aliphatic heterocycles. The van der Waals surface area contributed by atoms with Crippen LogP contribution in [0.5, 0.6) is 5.88 Å². The van der Waals surface area contributed by atoms with Crippen molar-refractivity contribution < 1.29 is 18.3 Å². The van der Waals surface area contributed by atoms with E-state index in [1.165, 1.54) is 7.11 Å². The zero-order valence-electron chi connectivity index (χ0n) is 16.6. The Morgan fingerprint density at radius 2 is 1.97 bits per heavy atom. The van der Waals surface area contributed by atoms with Crippen LogP contribution >= 0.6 is 0 Å². The van der Waals surface area contributed by atoms with Gasteiger partial charge in [0.1, 0.15) is 11.5 Å². The Morgan fingerprint density at radius 3 is 2.57 bits per heavy atom. The number of primary amides is 1. The third-order valence-corrected chi connectivity index (χ3v) is 5.37. The first-order valence-corrected chi connectivity index (χ1v) is 9.52. The summed E-state index contributed by atoms with van der Waals surface area (Å²) in [5.74, 6) is -0.825. The molecule has 0 bridgehead atoms.